The third-order valence-corrected chi connectivity index (χ3v) is 6.52. The molecular formula is C24H31FN6O5. The second-order valence-electron chi connectivity index (χ2n) is 9.03. The van der Waals surface area contributed by atoms with E-state index in [1.807, 2.05) is 11.8 Å². The van der Waals surface area contributed by atoms with E-state index in [0.717, 1.165) is 0 Å². The molecule has 2 aromatic rings. The highest BCUT2D eigenvalue weighted by molar-refractivity contribution is 5.90. The van der Waals surface area contributed by atoms with Crippen molar-refractivity contribution in [3.8, 4) is 0 Å². The molecule has 3 unspecified atom stereocenters. The summed E-state index contributed by atoms with van der Waals surface area (Å²) in [4.78, 5) is 39.0. The lowest BCUT2D eigenvalue weighted by atomic mass is 9.97. The minimum Gasteiger partial charge on any atom is -0.461 e. The first-order valence-electron chi connectivity index (χ1n) is 12.1. The van der Waals surface area contributed by atoms with Gasteiger partial charge >= 0.3 is 12.1 Å². The number of ether oxygens (including phenoxy) is 2. The van der Waals surface area contributed by atoms with E-state index in [1.54, 1.807) is 23.7 Å². The SMILES string of the molecule is CCOC(=O)c1cnnn1C1CCN(c2ccc(N3CC(CCNC(C)=O)OC3=O)cc2F)C(C)C1. The van der Waals surface area contributed by atoms with Crippen LogP contribution in [0.1, 0.15) is 56.6 Å². The standard InChI is InChI=1S/C24H31FN6O5/c1-4-35-23(33)22-13-27-28-31(22)18-8-10-29(15(2)11-18)21-6-5-17(12-20(21)25)30-14-19(36-24(30)34)7-9-26-16(3)32/h5-6,12-13,15,18-19H,4,7-11,14H2,1-3H3,(H,26,32). The minimum atomic E-state index is -0.533. The van der Waals surface area contributed by atoms with Crippen LogP contribution in [0.2, 0.25) is 0 Å². The Hall–Kier alpha value is -3.70. The number of piperidine rings is 1. The molecule has 4 rings (SSSR count). The Kier molecular flexibility index (Phi) is 7.70. The maximum Gasteiger partial charge on any atom is 0.414 e. The van der Waals surface area contributed by atoms with Gasteiger partial charge in [0.15, 0.2) is 5.69 Å². The number of aromatic nitrogens is 3. The average molecular weight is 503 g/mol. The highest BCUT2D eigenvalue weighted by Crippen LogP contribution is 2.34. The number of nitrogens with zero attached hydrogens (tertiary/aromatic N) is 5. The lowest BCUT2D eigenvalue weighted by molar-refractivity contribution is -0.119. The second kappa shape index (κ2) is 10.9. The third-order valence-electron chi connectivity index (χ3n) is 6.52. The molecule has 0 aliphatic carbocycles. The van der Waals surface area contributed by atoms with Crippen LogP contribution in [0.3, 0.4) is 0 Å². The molecule has 12 heteroatoms. The van der Waals surface area contributed by atoms with Gasteiger partial charge in [0.25, 0.3) is 0 Å². The number of rotatable bonds is 8. The zero-order valence-electron chi connectivity index (χ0n) is 20.6. The predicted molar refractivity (Wildman–Crippen MR) is 128 cm³/mol. The van der Waals surface area contributed by atoms with Crippen molar-refractivity contribution in [1.29, 1.82) is 0 Å². The fourth-order valence-electron chi connectivity index (χ4n) is 4.78. The number of benzene rings is 1. The Labute approximate surface area is 208 Å². The number of esters is 1. The molecule has 194 valence electrons. The topological polar surface area (TPSA) is 119 Å². The fourth-order valence-corrected chi connectivity index (χ4v) is 4.78. The van der Waals surface area contributed by atoms with Crippen LogP contribution in [-0.2, 0) is 14.3 Å². The Morgan fingerprint density at radius 3 is 2.83 bits per heavy atom. The molecule has 3 heterocycles. The molecule has 2 saturated heterocycles. The summed E-state index contributed by atoms with van der Waals surface area (Å²) in [7, 11) is 0. The Morgan fingerprint density at radius 2 is 2.14 bits per heavy atom. The van der Waals surface area contributed by atoms with Crippen molar-refractivity contribution in [2.24, 2.45) is 0 Å². The molecule has 2 aliphatic heterocycles. The summed E-state index contributed by atoms with van der Waals surface area (Å²) in [5.41, 5.74) is 1.18. The first-order valence-corrected chi connectivity index (χ1v) is 12.1. The number of carbonyl (C=O) groups is 3. The van der Waals surface area contributed by atoms with Gasteiger partial charge in [-0.1, -0.05) is 5.21 Å². The van der Waals surface area contributed by atoms with E-state index in [4.69, 9.17) is 9.47 Å². The molecule has 3 atom stereocenters. The van der Waals surface area contributed by atoms with Crippen LogP contribution < -0.4 is 15.1 Å². The number of nitrogens with one attached hydrogen (secondary N) is 1. The van der Waals surface area contributed by atoms with Gasteiger partial charge in [-0.05, 0) is 44.9 Å². The first kappa shape index (κ1) is 25.4. The van der Waals surface area contributed by atoms with Crippen LogP contribution in [0.25, 0.3) is 0 Å². The zero-order chi connectivity index (χ0) is 25.8. The average Bonchev–Trinajstić information content (AvgIpc) is 3.46. The van der Waals surface area contributed by atoms with E-state index in [9.17, 15) is 14.4 Å². The number of cyclic esters (lactones) is 1. The van der Waals surface area contributed by atoms with Crippen molar-refractivity contribution in [3.63, 3.8) is 0 Å². The molecule has 11 nitrogen and oxygen atoms in total. The van der Waals surface area contributed by atoms with Crippen molar-refractivity contribution in [1.82, 2.24) is 20.3 Å². The second-order valence-corrected chi connectivity index (χ2v) is 9.03. The van der Waals surface area contributed by atoms with E-state index >= 15 is 4.39 Å². The van der Waals surface area contributed by atoms with Gasteiger partial charge in [-0.25, -0.2) is 18.7 Å². The van der Waals surface area contributed by atoms with Gasteiger partial charge in [0.05, 0.1) is 36.8 Å². The van der Waals surface area contributed by atoms with Crippen molar-refractivity contribution < 1.29 is 28.2 Å². The monoisotopic (exact) mass is 502 g/mol. The molecule has 1 aromatic carbocycles. The summed E-state index contributed by atoms with van der Waals surface area (Å²) in [5.74, 6) is -1.04. The Bertz CT molecular complexity index is 1120. The third kappa shape index (κ3) is 5.42. The van der Waals surface area contributed by atoms with Crippen LogP contribution in [0, 0.1) is 5.82 Å². The van der Waals surface area contributed by atoms with Crippen molar-refractivity contribution in [2.45, 2.75) is 58.2 Å². The number of halogens is 1. The van der Waals surface area contributed by atoms with Crippen molar-refractivity contribution in [3.05, 3.63) is 35.9 Å². The molecular weight excluding hydrogens is 471 g/mol. The van der Waals surface area contributed by atoms with Gasteiger partial charge in [0.1, 0.15) is 11.9 Å². The summed E-state index contributed by atoms with van der Waals surface area (Å²) < 4.78 is 27.3. The van der Waals surface area contributed by atoms with Gasteiger partial charge in [0.2, 0.25) is 5.91 Å². The van der Waals surface area contributed by atoms with Crippen LogP contribution in [0.15, 0.2) is 24.4 Å². The Balaban J connectivity index is 1.41. The molecule has 0 radical (unpaired) electrons. The largest absolute Gasteiger partial charge is 0.461 e. The number of hydrogen-bond donors (Lipinski definition) is 1. The minimum absolute atomic E-state index is 0.0294. The van der Waals surface area contributed by atoms with E-state index in [0.29, 0.717) is 56.0 Å². The zero-order valence-corrected chi connectivity index (χ0v) is 20.6. The highest BCUT2D eigenvalue weighted by atomic mass is 19.1. The van der Waals surface area contributed by atoms with Crippen molar-refractivity contribution in [2.75, 3.05) is 36.0 Å². The number of amides is 2. The highest BCUT2D eigenvalue weighted by Gasteiger charge is 2.34. The van der Waals surface area contributed by atoms with Crippen LogP contribution >= 0.6 is 0 Å². The van der Waals surface area contributed by atoms with E-state index in [-0.39, 0.29) is 30.7 Å². The van der Waals surface area contributed by atoms with Crippen molar-refractivity contribution >= 4 is 29.3 Å². The molecule has 0 spiro atoms. The van der Waals surface area contributed by atoms with E-state index < -0.39 is 17.9 Å². The first-order chi connectivity index (χ1) is 17.3. The van der Waals surface area contributed by atoms with Crippen LogP contribution in [0.5, 0.6) is 0 Å². The molecule has 2 fully saturated rings. The summed E-state index contributed by atoms with van der Waals surface area (Å²) >= 11 is 0. The van der Waals surface area contributed by atoms with Gasteiger partial charge < -0.3 is 19.7 Å². The molecule has 1 aromatic heterocycles. The van der Waals surface area contributed by atoms with Gasteiger partial charge in [-0.3, -0.25) is 9.69 Å². The van der Waals surface area contributed by atoms with Crippen LogP contribution in [-0.4, -0.2) is 71.4 Å². The maximum absolute atomic E-state index is 15.2. The maximum atomic E-state index is 15.2. The van der Waals surface area contributed by atoms with Crippen LogP contribution in [0.4, 0.5) is 20.6 Å². The molecule has 1 N–H and O–H groups in total. The smallest absolute Gasteiger partial charge is 0.414 e. The van der Waals surface area contributed by atoms with Gasteiger partial charge in [-0.15, -0.1) is 5.10 Å². The Morgan fingerprint density at radius 1 is 1.33 bits per heavy atom. The molecule has 2 aliphatic rings. The quantitative estimate of drug-likeness (QED) is 0.548. The summed E-state index contributed by atoms with van der Waals surface area (Å²) in [6.45, 7) is 6.68. The fraction of sp³-hybridized carbons (Fsp3) is 0.542. The molecule has 36 heavy (non-hydrogen) atoms. The van der Waals surface area contributed by atoms with Gasteiger partial charge in [-0.2, -0.15) is 0 Å². The predicted octanol–water partition coefficient (Wildman–Crippen LogP) is 2.68. The number of anilines is 2. The van der Waals surface area contributed by atoms with E-state index in [1.165, 1.54) is 24.1 Å². The van der Waals surface area contributed by atoms with Gasteiger partial charge in [0, 0.05) is 32.5 Å². The normalized spacial score (nSPS) is 21.9. The molecule has 2 amide bonds. The lowest BCUT2D eigenvalue weighted by Gasteiger charge is -2.39. The van der Waals surface area contributed by atoms with E-state index in [2.05, 4.69) is 15.6 Å². The number of carbonyl (C=O) groups excluding carboxylic acids is 3. The number of hydrogen-bond acceptors (Lipinski definition) is 8. The molecule has 0 saturated carbocycles. The summed E-state index contributed by atoms with van der Waals surface area (Å²) in [6.07, 6.45) is 2.28. The summed E-state index contributed by atoms with van der Waals surface area (Å²) in [5, 5.41) is 10.6. The molecule has 0 bridgehead atoms. The summed E-state index contributed by atoms with van der Waals surface area (Å²) in [6, 6.07) is 4.65. The lowest BCUT2D eigenvalue weighted by Crippen LogP contribution is -2.42.